The Bertz CT molecular complexity index is 779. The van der Waals surface area contributed by atoms with Gasteiger partial charge < -0.3 is 5.32 Å². The molecule has 0 radical (unpaired) electrons. The normalized spacial score (nSPS) is 11.4. The third-order valence-electron chi connectivity index (χ3n) is 2.86. The molecule has 0 amide bonds. The molecule has 1 N–H and O–H groups in total. The first-order valence-corrected chi connectivity index (χ1v) is 9.39. The smallest absolute Gasteiger partial charge is 0.175 e. The van der Waals surface area contributed by atoms with Crippen molar-refractivity contribution < 1.29 is 8.42 Å². The van der Waals surface area contributed by atoms with Gasteiger partial charge in [-0.1, -0.05) is 29.3 Å². The maximum absolute atomic E-state index is 11.8. The minimum atomic E-state index is -3.34. The van der Waals surface area contributed by atoms with E-state index >= 15 is 0 Å². The van der Waals surface area contributed by atoms with E-state index in [0.717, 1.165) is 16.4 Å². The second kappa shape index (κ2) is 6.57. The zero-order valence-corrected chi connectivity index (χ0v) is 14.9. The van der Waals surface area contributed by atoms with Gasteiger partial charge in [0.15, 0.2) is 9.84 Å². The average Bonchev–Trinajstić information content (AvgIpc) is 2.39. The van der Waals surface area contributed by atoms with E-state index in [1.54, 1.807) is 30.3 Å². The lowest BCUT2D eigenvalue weighted by atomic mass is 10.2. The summed E-state index contributed by atoms with van der Waals surface area (Å²) in [4.78, 5) is 0.223. The standard InChI is InChI=1S/C14H12BrCl2NO2S/c1-21(19,20)14-4-2-3-12(17)10(14)8-18-13-7-9(16)5-6-11(13)15/h2-7,18H,8H2,1H3. The molecule has 2 aromatic carbocycles. The lowest BCUT2D eigenvalue weighted by Crippen LogP contribution is -2.08. The highest BCUT2D eigenvalue weighted by Gasteiger charge is 2.16. The Morgan fingerprint density at radius 1 is 1.19 bits per heavy atom. The van der Waals surface area contributed by atoms with Crippen molar-refractivity contribution in [2.75, 3.05) is 11.6 Å². The van der Waals surface area contributed by atoms with Crippen molar-refractivity contribution in [3.63, 3.8) is 0 Å². The average molecular weight is 409 g/mol. The predicted octanol–water partition coefficient (Wildman–Crippen LogP) is 4.77. The molecular weight excluding hydrogens is 397 g/mol. The van der Waals surface area contributed by atoms with Crippen molar-refractivity contribution in [2.45, 2.75) is 11.4 Å². The number of benzene rings is 2. The third-order valence-corrected chi connectivity index (χ3v) is 5.32. The van der Waals surface area contributed by atoms with Gasteiger partial charge in [0.05, 0.1) is 10.6 Å². The van der Waals surface area contributed by atoms with Crippen molar-refractivity contribution in [1.29, 1.82) is 0 Å². The molecule has 0 saturated carbocycles. The molecule has 0 saturated heterocycles. The molecule has 0 atom stereocenters. The molecule has 7 heteroatoms. The van der Waals surface area contributed by atoms with Gasteiger partial charge in [-0.15, -0.1) is 0 Å². The number of hydrogen-bond donors (Lipinski definition) is 1. The van der Waals surface area contributed by atoms with E-state index in [0.29, 0.717) is 15.6 Å². The Hall–Kier alpha value is -0.750. The first kappa shape index (κ1) is 16.6. The Labute approximate surface area is 142 Å². The highest BCUT2D eigenvalue weighted by Crippen LogP contribution is 2.29. The maximum atomic E-state index is 11.8. The monoisotopic (exact) mass is 407 g/mol. The summed E-state index contributed by atoms with van der Waals surface area (Å²) in [6.45, 7) is 0.279. The fourth-order valence-corrected chi connectivity index (χ4v) is 3.69. The SMILES string of the molecule is CS(=O)(=O)c1cccc(Cl)c1CNc1cc(Cl)ccc1Br. The topological polar surface area (TPSA) is 46.2 Å². The van der Waals surface area contributed by atoms with Gasteiger partial charge in [-0.25, -0.2) is 8.42 Å². The summed E-state index contributed by atoms with van der Waals surface area (Å²) in [6, 6.07) is 10.2. The first-order chi connectivity index (χ1) is 9.79. The van der Waals surface area contributed by atoms with E-state index in [9.17, 15) is 8.42 Å². The van der Waals surface area contributed by atoms with Crippen molar-refractivity contribution >= 4 is 54.7 Å². The lowest BCUT2D eigenvalue weighted by Gasteiger charge is -2.13. The summed E-state index contributed by atoms with van der Waals surface area (Å²) in [6.07, 6.45) is 1.16. The quantitative estimate of drug-likeness (QED) is 0.792. The zero-order chi connectivity index (χ0) is 15.6. The molecule has 2 aromatic rings. The molecule has 3 nitrogen and oxygen atoms in total. The number of nitrogens with one attached hydrogen (secondary N) is 1. The number of halogens is 3. The van der Waals surface area contributed by atoms with Gasteiger partial charge in [0.2, 0.25) is 0 Å². The van der Waals surface area contributed by atoms with Crippen molar-refractivity contribution in [3.05, 3.63) is 56.5 Å². The van der Waals surface area contributed by atoms with E-state index in [2.05, 4.69) is 21.2 Å². The highest BCUT2D eigenvalue weighted by atomic mass is 79.9. The fraction of sp³-hybridized carbons (Fsp3) is 0.143. The van der Waals surface area contributed by atoms with Crippen molar-refractivity contribution in [3.8, 4) is 0 Å². The molecular formula is C14H12BrCl2NO2S. The van der Waals surface area contributed by atoms with Gasteiger partial charge in [-0.2, -0.15) is 0 Å². The number of anilines is 1. The van der Waals surface area contributed by atoms with E-state index < -0.39 is 9.84 Å². The molecule has 2 rings (SSSR count). The van der Waals surface area contributed by atoms with Crippen LogP contribution in [0.5, 0.6) is 0 Å². The Balaban J connectivity index is 2.34. The third kappa shape index (κ3) is 4.13. The molecule has 0 heterocycles. The van der Waals surface area contributed by atoms with Crippen LogP contribution in [0.25, 0.3) is 0 Å². The molecule has 0 aliphatic rings. The summed E-state index contributed by atoms with van der Waals surface area (Å²) < 4.78 is 24.5. The summed E-state index contributed by atoms with van der Waals surface area (Å²) in [5.74, 6) is 0. The van der Waals surface area contributed by atoms with Crippen molar-refractivity contribution in [2.24, 2.45) is 0 Å². The molecule has 21 heavy (non-hydrogen) atoms. The second-order valence-electron chi connectivity index (χ2n) is 4.47. The van der Waals surface area contributed by atoms with Crippen LogP contribution in [0.2, 0.25) is 10.0 Å². The molecule has 0 aromatic heterocycles. The van der Waals surface area contributed by atoms with Crippen LogP contribution in [0.1, 0.15) is 5.56 Å². The van der Waals surface area contributed by atoms with Crippen LogP contribution in [0.15, 0.2) is 45.8 Å². The minimum Gasteiger partial charge on any atom is -0.380 e. The summed E-state index contributed by atoms with van der Waals surface area (Å²) >= 11 is 15.5. The van der Waals surface area contributed by atoms with Crippen LogP contribution in [0.4, 0.5) is 5.69 Å². The number of rotatable bonds is 4. The largest absolute Gasteiger partial charge is 0.380 e. The zero-order valence-electron chi connectivity index (χ0n) is 11.0. The Kier molecular flexibility index (Phi) is 5.20. The van der Waals surface area contributed by atoms with Crippen molar-refractivity contribution in [1.82, 2.24) is 0 Å². The van der Waals surface area contributed by atoms with Crippen LogP contribution < -0.4 is 5.32 Å². The molecule has 0 fully saturated rings. The van der Waals surface area contributed by atoms with Crippen LogP contribution in [0.3, 0.4) is 0 Å². The molecule has 0 aliphatic carbocycles. The van der Waals surface area contributed by atoms with E-state index in [4.69, 9.17) is 23.2 Å². The van der Waals surface area contributed by atoms with E-state index in [1.807, 2.05) is 6.07 Å². The van der Waals surface area contributed by atoms with E-state index in [1.165, 1.54) is 0 Å². The summed E-state index contributed by atoms with van der Waals surface area (Å²) in [7, 11) is -3.34. The van der Waals surface area contributed by atoms with Crippen LogP contribution >= 0.6 is 39.1 Å². The van der Waals surface area contributed by atoms with Gasteiger partial charge >= 0.3 is 0 Å². The van der Waals surface area contributed by atoms with Crippen LogP contribution in [-0.4, -0.2) is 14.7 Å². The van der Waals surface area contributed by atoms with Gasteiger partial charge in [0, 0.05) is 32.9 Å². The molecule has 112 valence electrons. The molecule has 0 unspecified atom stereocenters. The summed E-state index contributed by atoms with van der Waals surface area (Å²) in [5.41, 5.74) is 1.30. The molecule has 0 bridgehead atoms. The van der Waals surface area contributed by atoms with Gasteiger partial charge in [-0.3, -0.25) is 0 Å². The number of hydrogen-bond acceptors (Lipinski definition) is 3. The summed E-state index contributed by atoms with van der Waals surface area (Å²) in [5, 5.41) is 4.14. The molecule has 0 aliphatic heterocycles. The molecule has 0 spiro atoms. The Morgan fingerprint density at radius 2 is 1.90 bits per heavy atom. The van der Waals surface area contributed by atoms with E-state index in [-0.39, 0.29) is 11.4 Å². The van der Waals surface area contributed by atoms with Crippen LogP contribution in [0, 0.1) is 0 Å². The van der Waals surface area contributed by atoms with Gasteiger partial charge in [0.25, 0.3) is 0 Å². The second-order valence-corrected chi connectivity index (χ2v) is 8.15. The fourth-order valence-electron chi connectivity index (χ4n) is 1.87. The highest BCUT2D eigenvalue weighted by molar-refractivity contribution is 9.10. The first-order valence-electron chi connectivity index (χ1n) is 5.95. The number of sulfone groups is 1. The maximum Gasteiger partial charge on any atom is 0.175 e. The van der Waals surface area contributed by atoms with Crippen LogP contribution in [-0.2, 0) is 16.4 Å². The Morgan fingerprint density at radius 3 is 2.57 bits per heavy atom. The lowest BCUT2D eigenvalue weighted by molar-refractivity contribution is 0.601. The predicted molar refractivity (Wildman–Crippen MR) is 91.0 cm³/mol. The minimum absolute atomic E-state index is 0.223. The van der Waals surface area contributed by atoms with Gasteiger partial charge in [0.1, 0.15) is 0 Å². The van der Waals surface area contributed by atoms with Gasteiger partial charge in [-0.05, 0) is 46.3 Å².